The van der Waals surface area contributed by atoms with Gasteiger partial charge in [-0.3, -0.25) is 14.6 Å². The first-order valence-electron chi connectivity index (χ1n) is 9.05. The molecule has 0 saturated carbocycles. The summed E-state index contributed by atoms with van der Waals surface area (Å²) >= 11 is 0. The van der Waals surface area contributed by atoms with Gasteiger partial charge < -0.3 is 14.7 Å². The van der Waals surface area contributed by atoms with E-state index in [4.69, 9.17) is 0 Å². The van der Waals surface area contributed by atoms with Gasteiger partial charge in [0.2, 0.25) is 11.8 Å². The summed E-state index contributed by atoms with van der Waals surface area (Å²) < 4.78 is 0. The molecule has 0 atom stereocenters. The molecule has 0 unspecified atom stereocenters. The summed E-state index contributed by atoms with van der Waals surface area (Å²) in [5.41, 5.74) is 1.82. The van der Waals surface area contributed by atoms with Crippen LogP contribution in [0.5, 0.6) is 0 Å². The molecular weight excluding hydrogens is 316 g/mol. The van der Waals surface area contributed by atoms with E-state index in [1.165, 1.54) is 0 Å². The van der Waals surface area contributed by atoms with Crippen LogP contribution in [0.2, 0.25) is 0 Å². The number of amides is 2. The summed E-state index contributed by atoms with van der Waals surface area (Å²) in [4.78, 5) is 35.2. The van der Waals surface area contributed by atoms with Crippen molar-refractivity contribution in [3.05, 3.63) is 29.6 Å². The van der Waals surface area contributed by atoms with Gasteiger partial charge in [0.05, 0.1) is 18.8 Å². The number of nitrogens with zero attached hydrogens (tertiary/aromatic N) is 4. The molecule has 2 saturated heterocycles. The Morgan fingerprint density at radius 1 is 1.24 bits per heavy atom. The summed E-state index contributed by atoms with van der Waals surface area (Å²) in [5, 5.41) is 0. The van der Waals surface area contributed by atoms with Crippen LogP contribution in [0, 0.1) is 6.92 Å². The first-order chi connectivity index (χ1) is 11.9. The topological polar surface area (TPSA) is 56.8 Å². The van der Waals surface area contributed by atoms with Gasteiger partial charge in [-0.05, 0) is 52.4 Å². The third-order valence-electron chi connectivity index (χ3n) is 5.44. The Morgan fingerprint density at radius 2 is 1.96 bits per heavy atom. The van der Waals surface area contributed by atoms with Gasteiger partial charge in [0.15, 0.2) is 0 Å². The van der Waals surface area contributed by atoms with Crippen LogP contribution in [0.3, 0.4) is 0 Å². The molecule has 3 rings (SSSR count). The minimum absolute atomic E-state index is 0.0998. The van der Waals surface area contributed by atoms with Crippen molar-refractivity contribution in [2.75, 3.05) is 33.7 Å². The average molecular weight is 344 g/mol. The number of rotatable bonds is 4. The molecule has 136 valence electrons. The summed E-state index contributed by atoms with van der Waals surface area (Å²) in [6, 6.07) is 5.95. The molecule has 0 N–H and O–H groups in total. The Balaban J connectivity index is 1.68. The van der Waals surface area contributed by atoms with Crippen molar-refractivity contribution < 1.29 is 9.59 Å². The van der Waals surface area contributed by atoms with Crippen LogP contribution < -0.4 is 0 Å². The highest BCUT2D eigenvalue weighted by Crippen LogP contribution is 2.40. The Labute approximate surface area is 149 Å². The molecule has 2 aliphatic heterocycles. The number of likely N-dealkylation sites (tertiary alicyclic amines) is 2. The normalized spacial score (nSPS) is 19.9. The second-order valence-corrected chi connectivity index (χ2v) is 7.59. The number of aromatic nitrogens is 1. The third-order valence-corrected chi connectivity index (χ3v) is 5.44. The molecule has 1 spiro atoms. The van der Waals surface area contributed by atoms with E-state index in [1.807, 2.05) is 53.9 Å². The van der Waals surface area contributed by atoms with E-state index >= 15 is 0 Å². The lowest BCUT2D eigenvalue weighted by molar-refractivity contribution is -0.137. The van der Waals surface area contributed by atoms with Crippen molar-refractivity contribution >= 4 is 11.8 Å². The summed E-state index contributed by atoms with van der Waals surface area (Å²) in [5.74, 6) is 0.396. The van der Waals surface area contributed by atoms with Gasteiger partial charge in [-0.25, -0.2) is 0 Å². The van der Waals surface area contributed by atoms with Crippen LogP contribution in [0.25, 0.3) is 0 Å². The molecule has 1 aromatic heterocycles. The lowest BCUT2D eigenvalue weighted by Crippen LogP contribution is -2.54. The number of hydrogen-bond donors (Lipinski definition) is 0. The van der Waals surface area contributed by atoms with Crippen molar-refractivity contribution in [2.24, 2.45) is 0 Å². The van der Waals surface area contributed by atoms with Crippen LogP contribution in [0.1, 0.15) is 37.1 Å². The van der Waals surface area contributed by atoms with E-state index < -0.39 is 0 Å². The van der Waals surface area contributed by atoms with Crippen molar-refractivity contribution in [1.82, 2.24) is 19.7 Å². The van der Waals surface area contributed by atoms with Gasteiger partial charge in [-0.2, -0.15) is 0 Å². The molecule has 25 heavy (non-hydrogen) atoms. The number of pyridine rings is 1. The smallest absolute Gasteiger partial charge is 0.236 e. The predicted molar refractivity (Wildman–Crippen MR) is 95.9 cm³/mol. The van der Waals surface area contributed by atoms with Gasteiger partial charge in [0, 0.05) is 30.7 Å². The molecule has 2 amide bonds. The van der Waals surface area contributed by atoms with Crippen LogP contribution in [0.4, 0.5) is 0 Å². The standard InChI is InChI=1S/C19H28N4O2/c1-15-5-4-6-16(20-15)13-23-17(24)7-8-19(23)9-11-22(12-10-19)18(25)14-21(2)3/h4-6H,7-14H2,1-3H3. The van der Waals surface area contributed by atoms with Crippen molar-refractivity contribution in [2.45, 2.75) is 44.7 Å². The number of carbonyl (C=O) groups is 2. The molecule has 0 radical (unpaired) electrons. The largest absolute Gasteiger partial charge is 0.341 e. The maximum Gasteiger partial charge on any atom is 0.236 e. The molecule has 2 aliphatic rings. The van der Waals surface area contributed by atoms with Crippen LogP contribution in [0.15, 0.2) is 18.2 Å². The van der Waals surface area contributed by atoms with E-state index in [2.05, 4.69) is 4.98 Å². The maximum absolute atomic E-state index is 12.5. The number of aryl methyl sites for hydroxylation is 1. The van der Waals surface area contributed by atoms with Gasteiger partial charge in [-0.15, -0.1) is 0 Å². The van der Waals surface area contributed by atoms with Crippen molar-refractivity contribution in [3.63, 3.8) is 0 Å². The first-order valence-corrected chi connectivity index (χ1v) is 9.05. The van der Waals surface area contributed by atoms with Crippen LogP contribution in [-0.2, 0) is 16.1 Å². The van der Waals surface area contributed by atoms with Gasteiger partial charge in [0.25, 0.3) is 0 Å². The SMILES string of the molecule is Cc1cccc(CN2C(=O)CCC23CCN(C(=O)CN(C)C)CC3)n1. The second-order valence-electron chi connectivity index (χ2n) is 7.59. The van der Waals surface area contributed by atoms with Gasteiger partial charge in [0.1, 0.15) is 0 Å². The van der Waals surface area contributed by atoms with Gasteiger partial charge >= 0.3 is 0 Å². The number of hydrogen-bond acceptors (Lipinski definition) is 4. The van der Waals surface area contributed by atoms with E-state index in [-0.39, 0.29) is 17.4 Å². The van der Waals surface area contributed by atoms with Crippen LogP contribution in [-0.4, -0.2) is 70.8 Å². The average Bonchev–Trinajstić information content (AvgIpc) is 2.85. The van der Waals surface area contributed by atoms with Crippen molar-refractivity contribution in [1.29, 1.82) is 0 Å². The first kappa shape index (κ1) is 17.9. The molecule has 0 aliphatic carbocycles. The highest BCUT2D eigenvalue weighted by atomic mass is 16.2. The zero-order chi connectivity index (χ0) is 18.0. The molecular formula is C19H28N4O2. The summed E-state index contributed by atoms with van der Waals surface area (Å²) in [6.07, 6.45) is 3.23. The zero-order valence-electron chi connectivity index (χ0n) is 15.5. The van der Waals surface area contributed by atoms with E-state index in [9.17, 15) is 9.59 Å². The zero-order valence-corrected chi connectivity index (χ0v) is 15.5. The molecule has 3 heterocycles. The number of piperidine rings is 1. The molecule has 0 aromatic carbocycles. The van der Waals surface area contributed by atoms with E-state index in [0.29, 0.717) is 19.5 Å². The molecule has 6 nitrogen and oxygen atoms in total. The minimum atomic E-state index is -0.0998. The number of carbonyl (C=O) groups excluding carboxylic acids is 2. The lowest BCUT2D eigenvalue weighted by Gasteiger charge is -2.45. The summed E-state index contributed by atoms with van der Waals surface area (Å²) in [6.45, 7) is 4.46. The molecule has 0 bridgehead atoms. The highest BCUT2D eigenvalue weighted by Gasteiger charge is 2.47. The predicted octanol–water partition coefficient (Wildman–Crippen LogP) is 1.44. The summed E-state index contributed by atoms with van der Waals surface area (Å²) in [7, 11) is 3.82. The van der Waals surface area contributed by atoms with Crippen molar-refractivity contribution in [3.8, 4) is 0 Å². The Bertz CT molecular complexity index is 651. The molecule has 6 heteroatoms. The number of likely N-dealkylation sites (N-methyl/N-ethyl adjacent to an activating group) is 1. The Kier molecular flexibility index (Phi) is 5.08. The second kappa shape index (κ2) is 7.12. The lowest BCUT2D eigenvalue weighted by atomic mass is 9.84. The quantitative estimate of drug-likeness (QED) is 0.829. The van der Waals surface area contributed by atoms with E-state index in [0.717, 1.165) is 43.7 Å². The molecule has 2 fully saturated rings. The monoisotopic (exact) mass is 344 g/mol. The van der Waals surface area contributed by atoms with E-state index in [1.54, 1.807) is 0 Å². The highest BCUT2D eigenvalue weighted by molar-refractivity contribution is 5.80. The minimum Gasteiger partial charge on any atom is -0.341 e. The molecule has 1 aromatic rings. The maximum atomic E-state index is 12.5. The fraction of sp³-hybridized carbons (Fsp3) is 0.632. The third kappa shape index (κ3) is 3.84. The fourth-order valence-corrected chi connectivity index (χ4v) is 4.04. The van der Waals surface area contributed by atoms with Gasteiger partial charge in [-0.1, -0.05) is 6.07 Å². The Hall–Kier alpha value is -1.95. The van der Waals surface area contributed by atoms with Crippen LogP contribution >= 0.6 is 0 Å². The Morgan fingerprint density at radius 3 is 2.60 bits per heavy atom. The fourth-order valence-electron chi connectivity index (χ4n) is 4.04.